The molecule has 0 aliphatic heterocycles. The predicted molar refractivity (Wildman–Crippen MR) is 36.0 cm³/mol. The fraction of sp³-hybridized carbons (Fsp3) is 0.857. The Morgan fingerprint density at radius 1 is 1.78 bits per heavy atom. The number of carbonyl (C=O) groups excluding carboxylic acids is 1. The molecular weight excluding hydrogens is 114 g/mol. The smallest absolute Gasteiger partial charge is 0.219 e. The van der Waals surface area contributed by atoms with Crippen LogP contribution in [0, 0.1) is 5.92 Å². The molecule has 9 heavy (non-hydrogen) atoms. The minimum Gasteiger partial charge on any atom is -0.353 e. The van der Waals surface area contributed by atoms with Crippen molar-refractivity contribution < 1.29 is 4.79 Å². The van der Waals surface area contributed by atoms with Gasteiger partial charge >= 0.3 is 0 Å². The molecule has 52 valence electrons. The standard InChI is InChI=1S/C7H13NO/c1-3-7(9)8-6-4-5(6)2/h5-6H,3-4H2,1-2H3,(H,8,9)/t5-,6-/m1/s1. The second-order valence-corrected chi connectivity index (χ2v) is 2.74. The van der Waals surface area contributed by atoms with Crippen molar-refractivity contribution in [3.8, 4) is 0 Å². The van der Waals surface area contributed by atoms with Gasteiger partial charge in [-0.3, -0.25) is 4.79 Å². The molecule has 1 N–H and O–H groups in total. The van der Waals surface area contributed by atoms with Crippen LogP contribution in [0.4, 0.5) is 0 Å². The molecule has 0 saturated heterocycles. The van der Waals surface area contributed by atoms with Crippen molar-refractivity contribution in [2.24, 2.45) is 5.92 Å². The Balaban J connectivity index is 2.12. The monoisotopic (exact) mass is 127 g/mol. The van der Waals surface area contributed by atoms with Crippen LogP contribution in [0.3, 0.4) is 0 Å². The van der Waals surface area contributed by atoms with Crippen LogP contribution in [0.25, 0.3) is 0 Å². The Bertz CT molecular complexity index is 122. The fourth-order valence-electron chi connectivity index (χ4n) is 0.832. The first-order valence-corrected chi connectivity index (χ1v) is 3.53. The highest BCUT2D eigenvalue weighted by Crippen LogP contribution is 2.28. The van der Waals surface area contributed by atoms with Gasteiger partial charge < -0.3 is 5.32 Å². The van der Waals surface area contributed by atoms with Gasteiger partial charge in [-0.25, -0.2) is 0 Å². The Morgan fingerprint density at radius 3 is 2.67 bits per heavy atom. The molecule has 1 amide bonds. The topological polar surface area (TPSA) is 29.1 Å². The lowest BCUT2D eigenvalue weighted by Crippen LogP contribution is -2.25. The van der Waals surface area contributed by atoms with Crippen LogP contribution in [-0.2, 0) is 4.79 Å². The molecule has 2 nitrogen and oxygen atoms in total. The molecule has 0 unspecified atom stereocenters. The van der Waals surface area contributed by atoms with Crippen molar-refractivity contribution in [2.45, 2.75) is 32.7 Å². The molecule has 0 radical (unpaired) electrons. The van der Waals surface area contributed by atoms with Gasteiger partial charge in [0, 0.05) is 12.5 Å². The zero-order chi connectivity index (χ0) is 6.85. The van der Waals surface area contributed by atoms with E-state index in [9.17, 15) is 4.79 Å². The summed E-state index contributed by atoms with van der Waals surface area (Å²) in [7, 11) is 0. The second-order valence-electron chi connectivity index (χ2n) is 2.74. The maximum absolute atomic E-state index is 10.7. The van der Waals surface area contributed by atoms with E-state index in [4.69, 9.17) is 0 Å². The van der Waals surface area contributed by atoms with Crippen LogP contribution in [0.2, 0.25) is 0 Å². The first-order valence-electron chi connectivity index (χ1n) is 3.53. The molecule has 1 aliphatic carbocycles. The van der Waals surface area contributed by atoms with Crippen LogP contribution in [0.15, 0.2) is 0 Å². The van der Waals surface area contributed by atoms with Crippen molar-refractivity contribution in [1.29, 1.82) is 0 Å². The van der Waals surface area contributed by atoms with E-state index in [1.165, 1.54) is 6.42 Å². The van der Waals surface area contributed by atoms with E-state index in [-0.39, 0.29) is 5.91 Å². The molecular formula is C7H13NO. The van der Waals surface area contributed by atoms with E-state index in [1.807, 2.05) is 6.92 Å². The third kappa shape index (κ3) is 1.70. The average molecular weight is 127 g/mol. The largest absolute Gasteiger partial charge is 0.353 e. The highest BCUT2D eigenvalue weighted by molar-refractivity contribution is 5.76. The number of carbonyl (C=O) groups is 1. The third-order valence-corrected chi connectivity index (χ3v) is 1.78. The highest BCUT2D eigenvalue weighted by atomic mass is 16.1. The highest BCUT2D eigenvalue weighted by Gasteiger charge is 2.33. The summed E-state index contributed by atoms with van der Waals surface area (Å²) in [5.41, 5.74) is 0. The minimum absolute atomic E-state index is 0.185. The van der Waals surface area contributed by atoms with Crippen molar-refractivity contribution in [2.75, 3.05) is 0 Å². The first-order chi connectivity index (χ1) is 4.24. The number of amides is 1. The van der Waals surface area contributed by atoms with Gasteiger partial charge in [0.15, 0.2) is 0 Å². The summed E-state index contributed by atoms with van der Waals surface area (Å²) in [4.78, 5) is 10.7. The second kappa shape index (κ2) is 2.38. The Labute approximate surface area is 55.6 Å². The lowest BCUT2D eigenvalue weighted by Gasteiger charge is -1.98. The zero-order valence-electron chi connectivity index (χ0n) is 5.98. The molecule has 1 fully saturated rings. The van der Waals surface area contributed by atoms with E-state index >= 15 is 0 Å². The number of hydrogen-bond donors (Lipinski definition) is 1. The van der Waals surface area contributed by atoms with Gasteiger partial charge in [-0.1, -0.05) is 13.8 Å². The molecule has 0 aromatic heterocycles. The maximum atomic E-state index is 10.7. The summed E-state index contributed by atoms with van der Waals surface area (Å²) < 4.78 is 0. The van der Waals surface area contributed by atoms with Crippen molar-refractivity contribution in [1.82, 2.24) is 5.32 Å². The Kier molecular flexibility index (Phi) is 1.74. The number of rotatable bonds is 2. The number of hydrogen-bond acceptors (Lipinski definition) is 1. The predicted octanol–water partition coefficient (Wildman–Crippen LogP) is 0.921. The van der Waals surface area contributed by atoms with E-state index < -0.39 is 0 Å². The average Bonchev–Trinajstić information content (AvgIpc) is 2.47. The third-order valence-electron chi connectivity index (χ3n) is 1.78. The Morgan fingerprint density at radius 2 is 2.33 bits per heavy atom. The van der Waals surface area contributed by atoms with E-state index in [2.05, 4.69) is 12.2 Å². The summed E-state index contributed by atoms with van der Waals surface area (Å²) in [5.74, 6) is 0.907. The molecule has 0 heterocycles. The molecule has 1 rings (SSSR count). The summed E-state index contributed by atoms with van der Waals surface area (Å²) in [6.07, 6.45) is 1.79. The molecule has 2 heteroatoms. The summed E-state index contributed by atoms with van der Waals surface area (Å²) in [5, 5.41) is 2.91. The van der Waals surface area contributed by atoms with Gasteiger partial charge in [0.2, 0.25) is 5.91 Å². The zero-order valence-corrected chi connectivity index (χ0v) is 5.98. The van der Waals surface area contributed by atoms with E-state index in [0.29, 0.717) is 12.5 Å². The van der Waals surface area contributed by atoms with Crippen molar-refractivity contribution in [3.63, 3.8) is 0 Å². The lowest BCUT2D eigenvalue weighted by molar-refractivity contribution is -0.120. The molecule has 0 aromatic carbocycles. The van der Waals surface area contributed by atoms with Gasteiger partial charge in [0.25, 0.3) is 0 Å². The quantitative estimate of drug-likeness (QED) is 0.587. The van der Waals surface area contributed by atoms with E-state index in [1.54, 1.807) is 0 Å². The molecule has 0 spiro atoms. The normalized spacial score (nSPS) is 31.8. The van der Waals surface area contributed by atoms with Crippen LogP contribution < -0.4 is 5.32 Å². The fourth-order valence-corrected chi connectivity index (χ4v) is 0.832. The molecule has 2 atom stereocenters. The number of nitrogens with one attached hydrogen (secondary N) is 1. The minimum atomic E-state index is 0.185. The van der Waals surface area contributed by atoms with Crippen molar-refractivity contribution >= 4 is 5.91 Å². The summed E-state index contributed by atoms with van der Waals surface area (Å²) in [6.45, 7) is 4.03. The molecule has 1 saturated carbocycles. The van der Waals surface area contributed by atoms with Crippen LogP contribution >= 0.6 is 0 Å². The maximum Gasteiger partial charge on any atom is 0.219 e. The van der Waals surface area contributed by atoms with E-state index in [0.717, 1.165) is 5.92 Å². The summed E-state index contributed by atoms with van der Waals surface area (Å²) >= 11 is 0. The summed E-state index contributed by atoms with van der Waals surface area (Å²) in [6, 6.07) is 0.498. The van der Waals surface area contributed by atoms with Crippen LogP contribution in [-0.4, -0.2) is 11.9 Å². The van der Waals surface area contributed by atoms with Gasteiger partial charge in [-0.15, -0.1) is 0 Å². The van der Waals surface area contributed by atoms with Crippen LogP contribution in [0.5, 0.6) is 0 Å². The SMILES string of the molecule is CCC(=O)N[C@@H]1C[C@H]1C. The Hall–Kier alpha value is -0.530. The lowest BCUT2D eigenvalue weighted by atomic mass is 10.4. The molecule has 0 bridgehead atoms. The van der Waals surface area contributed by atoms with Gasteiger partial charge in [-0.05, 0) is 12.3 Å². The molecule has 0 aromatic rings. The van der Waals surface area contributed by atoms with Crippen LogP contribution in [0.1, 0.15) is 26.7 Å². The van der Waals surface area contributed by atoms with Gasteiger partial charge in [0.1, 0.15) is 0 Å². The van der Waals surface area contributed by atoms with Gasteiger partial charge in [-0.2, -0.15) is 0 Å². The molecule has 1 aliphatic rings. The van der Waals surface area contributed by atoms with Crippen molar-refractivity contribution in [3.05, 3.63) is 0 Å². The van der Waals surface area contributed by atoms with Gasteiger partial charge in [0.05, 0.1) is 0 Å². The first kappa shape index (κ1) is 6.59.